The number of hydrogen-bond acceptors (Lipinski definition) is 3. The van der Waals surface area contributed by atoms with E-state index in [1.807, 2.05) is 24.3 Å². The van der Waals surface area contributed by atoms with Crippen molar-refractivity contribution in [3.63, 3.8) is 0 Å². The zero-order valence-electron chi connectivity index (χ0n) is 17.4. The molecular weight excluding hydrogens is 394 g/mol. The van der Waals surface area contributed by atoms with Crippen LogP contribution in [0.4, 0.5) is 5.69 Å². The van der Waals surface area contributed by atoms with Gasteiger partial charge in [0.15, 0.2) is 0 Å². The highest BCUT2D eigenvalue weighted by molar-refractivity contribution is 6.30. The third kappa shape index (κ3) is 5.17. The molecule has 2 N–H and O–H groups in total. The summed E-state index contributed by atoms with van der Waals surface area (Å²) in [5.74, 6) is 6.58. The highest BCUT2D eigenvalue weighted by Crippen LogP contribution is 2.21. The number of benzene rings is 2. The molecule has 0 unspecified atom stereocenters. The Morgan fingerprint density at radius 2 is 1.90 bits per heavy atom. The van der Waals surface area contributed by atoms with E-state index in [2.05, 4.69) is 58.2 Å². The molecular formula is C25H28ClN3O. The predicted octanol–water partition coefficient (Wildman–Crippen LogP) is 5.05. The number of nitrogens with zero attached hydrogens (tertiary/aromatic N) is 1. The Kier molecular flexibility index (Phi) is 6.96. The predicted molar refractivity (Wildman–Crippen MR) is 125 cm³/mol. The molecule has 4 rings (SSSR count). The standard InChI is InChI=1S/C25H28ClN3O/c1-2-29-24(4-3-13-27-22-8-6-21(26)7-9-22)17-20-16-19(5-10-25(20)29)18-28-23-11-14-30-15-12-23/h5-10,16-17,23,27-28H,2,11-15,18H2,1H3. The smallest absolute Gasteiger partial charge is 0.0931 e. The molecule has 2 heterocycles. The van der Waals surface area contributed by atoms with Gasteiger partial charge in [-0.05, 0) is 73.7 Å². The molecule has 156 valence electrons. The Labute approximate surface area is 183 Å². The maximum atomic E-state index is 5.93. The second-order valence-corrected chi connectivity index (χ2v) is 8.03. The van der Waals surface area contributed by atoms with Crippen molar-refractivity contribution in [2.24, 2.45) is 0 Å². The molecule has 1 aromatic heterocycles. The van der Waals surface area contributed by atoms with Crippen molar-refractivity contribution in [3.8, 4) is 11.8 Å². The third-order valence-corrected chi connectivity index (χ3v) is 5.79. The Bertz CT molecular complexity index is 1040. The summed E-state index contributed by atoms with van der Waals surface area (Å²) >= 11 is 5.93. The van der Waals surface area contributed by atoms with Gasteiger partial charge >= 0.3 is 0 Å². The van der Waals surface area contributed by atoms with Crippen LogP contribution in [-0.4, -0.2) is 30.4 Å². The van der Waals surface area contributed by atoms with Gasteiger partial charge in [0.2, 0.25) is 0 Å². The lowest BCUT2D eigenvalue weighted by atomic mass is 10.1. The Balaban J connectivity index is 1.43. The lowest BCUT2D eigenvalue weighted by Crippen LogP contribution is -2.34. The fourth-order valence-electron chi connectivity index (χ4n) is 3.89. The Morgan fingerprint density at radius 1 is 1.10 bits per heavy atom. The number of aryl methyl sites for hydroxylation is 1. The quantitative estimate of drug-likeness (QED) is 0.547. The van der Waals surface area contributed by atoms with Gasteiger partial charge in [0.25, 0.3) is 0 Å². The fraction of sp³-hybridized carbons (Fsp3) is 0.360. The van der Waals surface area contributed by atoms with Gasteiger partial charge < -0.3 is 19.9 Å². The van der Waals surface area contributed by atoms with Gasteiger partial charge in [-0.15, -0.1) is 0 Å². The molecule has 1 aliphatic rings. The van der Waals surface area contributed by atoms with Gasteiger partial charge in [0.05, 0.1) is 12.2 Å². The average Bonchev–Trinajstić information content (AvgIpc) is 3.13. The summed E-state index contributed by atoms with van der Waals surface area (Å²) in [5.41, 5.74) is 4.62. The van der Waals surface area contributed by atoms with E-state index in [-0.39, 0.29) is 0 Å². The lowest BCUT2D eigenvalue weighted by Gasteiger charge is -2.23. The summed E-state index contributed by atoms with van der Waals surface area (Å²) < 4.78 is 7.72. The van der Waals surface area contributed by atoms with Crippen molar-refractivity contribution in [1.29, 1.82) is 0 Å². The summed E-state index contributed by atoms with van der Waals surface area (Å²) in [6, 6.07) is 17.2. The van der Waals surface area contributed by atoms with Crippen LogP contribution in [0.25, 0.3) is 10.9 Å². The van der Waals surface area contributed by atoms with E-state index < -0.39 is 0 Å². The Morgan fingerprint density at radius 3 is 2.67 bits per heavy atom. The van der Waals surface area contributed by atoms with E-state index in [1.54, 1.807) is 0 Å². The summed E-state index contributed by atoms with van der Waals surface area (Å²) in [6.45, 7) is 6.28. The van der Waals surface area contributed by atoms with Gasteiger partial charge in [0.1, 0.15) is 0 Å². The van der Waals surface area contributed by atoms with Gasteiger partial charge in [-0.3, -0.25) is 0 Å². The van der Waals surface area contributed by atoms with Gasteiger partial charge in [-0.2, -0.15) is 0 Å². The first kappa shape index (κ1) is 20.8. The minimum absolute atomic E-state index is 0.559. The van der Waals surface area contributed by atoms with Crippen molar-refractivity contribution in [1.82, 2.24) is 9.88 Å². The molecule has 2 aromatic carbocycles. The number of anilines is 1. The van der Waals surface area contributed by atoms with Crippen LogP contribution in [0.5, 0.6) is 0 Å². The number of halogens is 1. The van der Waals surface area contributed by atoms with Crippen LogP contribution in [0.15, 0.2) is 48.5 Å². The van der Waals surface area contributed by atoms with Gasteiger partial charge in [-0.1, -0.05) is 23.6 Å². The first-order chi connectivity index (χ1) is 14.7. The molecule has 3 aromatic rings. The molecule has 0 saturated carbocycles. The van der Waals surface area contributed by atoms with E-state index in [1.165, 1.54) is 16.5 Å². The lowest BCUT2D eigenvalue weighted by molar-refractivity contribution is 0.0776. The zero-order valence-corrected chi connectivity index (χ0v) is 18.1. The van der Waals surface area contributed by atoms with E-state index in [0.29, 0.717) is 12.6 Å². The van der Waals surface area contributed by atoms with Crippen molar-refractivity contribution in [2.45, 2.75) is 38.9 Å². The molecule has 5 heteroatoms. The molecule has 0 radical (unpaired) electrons. The second kappa shape index (κ2) is 10.0. The Hall–Kier alpha value is -2.45. The first-order valence-corrected chi connectivity index (χ1v) is 11.0. The van der Waals surface area contributed by atoms with Crippen molar-refractivity contribution >= 4 is 28.2 Å². The molecule has 0 amide bonds. The van der Waals surface area contributed by atoms with E-state index in [0.717, 1.165) is 55.5 Å². The van der Waals surface area contributed by atoms with Crippen molar-refractivity contribution < 1.29 is 4.74 Å². The van der Waals surface area contributed by atoms with Crippen LogP contribution in [0.1, 0.15) is 31.0 Å². The van der Waals surface area contributed by atoms with Gasteiger partial charge in [-0.25, -0.2) is 0 Å². The minimum Gasteiger partial charge on any atom is -0.381 e. The van der Waals surface area contributed by atoms with Crippen LogP contribution >= 0.6 is 11.6 Å². The molecule has 30 heavy (non-hydrogen) atoms. The average molecular weight is 422 g/mol. The molecule has 0 bridgehead atoms. The maximum absolute atomic E-state index is 5.93. The molecule has 0 atom stereocenters. The summed E-state index contributed by atoms with van der Waals surface area (Å²) in [7, 11) is 0. The number of aromatic nitrogens is 1. The number of hydrogen-bond donors (Lipinski definition) is 2. The number of rotatable bonds is 6. The summed E-state index contributed by atoms with van der Waals surface area (Å²) in [5, 5.41) is 8.96. The highest BCUT2D eigenvalue weighted by atomic mass is 35.5. The number of ether oxygens (including phenoxy) is 1. The van der Waals surface area contributed by atoms with Crippen LogP contribution in [0.3, 0.4) is 0 Å². The van der Waals surface area contributed by atoms with E-state index >= 15 is 0 Å². The SMILES string of the molecule is CCn1c(C#CCNc2ccc(Cl)cc2)cc2cc(CNC3CCOCC3)ccc21. The summed E-state index contributed by atoms with van der Waals surface area (Å²) in [6.07, 6.45) is 2.19. The molecule has 4 nitrogen and oxygen atoms in total. The van der Waals surface area contributed by atoms with Crippen molar-refractivity contribution in [2.75, 3.05) is 25.1 Å². The molecule has 1 aliphatic heterocycles. The van der Waals surface area contributed by atoms with Gasteiger partial charge in [0, 0.05) is 54.0 Å². The van der Waals surface area contributed by atoms with E-state index in [9.17, 15) is 0 Å². The molecule has 0 spiro atoms. The zero-order chi connectivity index (χ0) is 20.8. The minimum atomic E-state index is 0.559. The molecule has 0 aliphatic carbocycles. The monoisotopic (exact) mass is 421 g/mol. The highest BCUT2D eigenvalue weighted by Gasteiger charge is 2.13. The summed E-state index contributed by atoms with van der Waals surface area (Å²) in [4.78, 5) is 0. The van der Waals surface area contributed by atoms with E-state index in [4.69, 9.17) is 16.3 Å². The van der Waals surface area contributed by atoms with Crippen LogP contribution in [0.2, 0.25) is 5.02 Å². The topological polar surface area (TPSA) is 38.2 Å². The van der Waals surface area contributed by atoms with Crippen LogP contribution in [0, 0.1) is 11.8 Å². The molecule has 1 fully saturated rings. The van der Waals surface area contributed by atoms with Crippen LogP contribution < -0.4 is 10.6 Å². The normalized spacial score (nSPS) is 14.5. The maximum Gasteiger partial charge on any atom is 0.0931 e. The fourth-order valence-corrected chi connectivity index (χ4v) is 4.01. The largest absolute Gasteiger partial charge is 0.381 e. The second-order valence-electron chi connectivity index (χ2n) is 7.60. The number of fused-ring (bicyclic) bond motifs is 1. The first-order valence-electron chi connectivity index (χ1n) is 10.6. The third-order valence-electron chi connectivity index (χ3n) is 5.54. The number of nitrogens with one attached hydrogen (secondary N) is 2. The molecule has 1 saturated heterocycles. The van der Waals surface area contributed by atoms with Crippen molar-refractivity contribution in [3.05, 3.63) is 64.8 Å². The van der Waals surface area contributed by atoms with Crippen LogP contribution in [-0.2, 0) is 17.8 Å².